The zero-order valence-corrected chi connectivity index (χ0v) is 15.1. The molecular formula is C15H13BrN4O3S. The van der Waals surface area contributed by atoms with Crippen molar-refractivity contribution in [2.45, 2.75) is 13.5 Å². The summed E-state index contributed by atoms with van der Waals surface area (Å²) >= 11 is 4.53. The summed E-state index contributed by atoms with van der Waals surface area (Å²) in [5, 5.41) is 3.00. The number of rotatable bonds is 5. The van der Waals surface area contributed by atoms with Gasteiger partial charge >= 0.3 is 5.97 Å². The van der Waals surface area contributed by atoms with E-state index >= 15 is 0 Å². The second-order valence-electron chi connectivity index (χ2n) is 4.91. The van der Waals surface area contributed by atoms with Gasteiger partial charge in [-0.2, -0.15) is 0 Å². The van der Waals surface area contributed by atoms with E-state index in [0.29, 0.717) is 11.0 Å². The van der Waals surface area contributed by atoms with E-state index in [9.17, 15) is 9.59 Å². The van der Waals surface area contributed by atoms with Crippen molar-refractivity contribution in [3.05, 3.63) is 40.1 Å². The first-order valence-electron chi connectivity index (χ1n) is 7.01. The maximum absolute atomic E-state index is 12.0. The van der Waals surface area contributed by atoms with Crippen molar-refractivity contribution in [2.24, 2.45) is 0 Å². The third-order valence-electron chi connectivity index (χ3n) is 3.22. The Morgan fingerprint density at radius 2 is 2.17 bits per heavy atom. The van der Waals surface area contributed by atoms with Gasteiger partial charge in [0.2, 0.25) is 0 Å². The smallest absolute Gasteiger partial charge is 0.326 e. The molecule has 0 spiro atoms. The standard InChI is InChI=1S/C15H13BrN4O3S/c1-9-18-10-4-2-3-5-11(10)20(9)7-14(22)23-8-13(21)19-15-17-6-12(16)24-15/h2-6H,7-8H2,1H3,(H,17,19,21). The number of carbonyl (C=O) groups excluding carboxylic acids is 2. The second-order valence-corrected chi connectivity index (χ2v) is 7.32. The Morgan fingerprint density at radius 1 is 1.38 bits per heavy atom. The molecule has 0 bridgehead atoms. The molecule has 0 aliphatic heterocycles. The molecule has 0 atom stereocenters. The van der Waals surface area contributed by atoms with Crippen molar-refractivity contribution in [1.29, 1.82) is 0 Å². The van der Waals surface area contributed by atoms with Crippen molar-refractivity contribution in [1.82, 2.24) is 14.5 Å². The molecule has 24 heavy (non-hydrogen) atoms. The molecule has 3 rings (SSSR count). The molecule has 7 nitrogen and oxygen atoms in total. The quantitative estimate of drug-likeness (QED) is 0.655. The fraction of sp³-hybridized carbons (Fsp3) is 0.200. The van der Waals surface area contributed by atoms with Gasteiger partial charge in [-0.1, -0.05) is 23.5 Å². The van der Waals surface area contributed by atoms with E-state index in [-0.39, 0.29) is 13.2 Å². The molecule has 0 aliphatic rings. The highest BCUT2D eigenvalue weighted by molar-refractivity contribution is 9.11. The van der Waals surface area contributed by atoms with Gasteiger partial charge in [0.1, 0.15) is 12.4 Å². The van der Waals surface area contributed by atoms with Crippen LogP contribution in [-0.4, -0.2) is 33.0 Å². The fourth-order valence-electron chi connectivity index (χ4n) is 2.18. The summed E-state index contributed by atoms with van der Waals surface area (Å²) in [5.41, 5.74) is 1.67. The zero-order valence-electron chi connectivity index (χ0n) is 12.7. The van der Waals surface area contributed by atoms with Crippen LogP contribution < -0.4 is 5.32 Å². The maximum atomic E-state index is 12.0. The van der Waals surface area contributed by atoms with Crippen LogP contribution in [0.1, 0.15) is 5.82 Å². The van der Waals surface area contributed by atoms with Gasteiger partial charge in [-0.15, -0.1) is 0 Å². The molecule has 1 N–H and O–H groups in total. The number of halogens is 1. The SMILES string of the molecule is Cc1nc2ccccc2n1CC(=O)OCC(=O)Nc1ncc(Br)s1. The predicted molar refractivity (Wildman–Crippen MR) is 93.9 cm³/mol. The monoisotopic (exact) mass is 408 g/mol. The molecule has 0 unspecified atom stereocenters. The highest BCUT2D eigenvalue weighted by Crippen LogP contribution is 2.22. The van der Waals surface area contributed by atoms with Crippen LogP contribution >= 0.6 is 27.3 Å². The van der Waals surface area contributed by atoms with Crippen LogP contribution in [-0.2, 0) is 20.9 Å². The molecule has 0 saturated heterocycles. The van der Waals surface area contributed by atoms with E-state index < -0.39 is 11.9 Å². The Labute approximate surface area is 149 Å². The van der Waals surface area contributed by atoms with Crippen LogP contribution in [0.2, 0.25) is 0 Å². The van der Waals surface area contributed by atoms with Gasteiger partial charge in [0.05, 0.1) is 21.0 Å². The first-order chi connectivity index (χ1) is 11.5. The molecule has 2 heterocycles. The molecule has 0 radical (unpaired) electrons. The summed E-state index contributed by atoms with van der Waals surface area (Å²) < 4.78 is 7.59. The number of anilines is 1. The van der Waals surface area contributed by atoms with Crippen molar-refractivity contribution in [2.75, 3.05) is 11.9 Å². The normalized spacial score (nSPS) is 10.8. The van der Waals surface area contributed by atoms with Crippen molar-refractivity contribution >= 4 is 55.3 Å². The number of aryl methyl sites for hydroxylation is 1. The van der Waals surface area contributed by atoms with Gasteiger partial charge in [0, 0.05) is 0 Å². The van der Waals surface area contributed by atoms with Crippen molar-refractivity contribution in [3.8, 4) is 0 Å². The number of hydrogen-bond acceptors (Lipinski definition) is 6. The van der Waals surface area contributed by atoms with Crippen molar-refractivity contribution < 1.29 is 14.3 Å². The summed E-state index contributed by atoms with van der Waals surface area (Å²) in [7, 11) is 0. The Kier molecular flexibility index (Phi) is 4.91. The lowest BCUT2D eigenvalue weighted by atomic mass is 10.3. The van der Waals surface area contributed by atoms with E-state index in [1.54, 1.807) is 10.8 Å². The van der Waals surface area contributed by atoms with Crippen LogP contribution in [0.25, 0.3) is 11.0 Å². The number of fused-ring (bicyclic) bond motifs is 1. The number of thiazole rings is 1. The van der Waals surface area contributed by atoms with E-state index in [0.717, 1.165) is 14.8 Å². The van der Waals surface area contributed by atoms with Crippen LogP contribution in [0.15, 0.2) is 34.2 Å². The average Bonchev–Trinajstić information content (AvgIpc) is 3.09. The minimum absolute atomic E-state index is 0.00241. The largest absolute Gasteiger partial charge is 0.454 e. The van der Waals surface area contributed by atoms with Crippen LogP contribution in [0.3, 0.4) is 0 Å². The minimum atomic E-state index is -0.503. The first-order valence-corrected chi connectivity index (χ1v) is 8.62. The highest BCUT2D eigenvalue weighted by Gasteiger charge is 2.13. The molecular weight excluding hydrogens is 396 g/mol. The molecule has 0 fully saturated rings. The Hall–Kier alpha value is -2.26. The fourth-order valence-corrected chi connectivity index (χ4v) is 3.31. The number of carbonyl (C=O) groups is 2. The number of hydrogen-bond donors (Lipinski definition) is 1. The van der Waals surface area contributed by atoms with Crippen LogP contribution in [0.5, 0.6) is 0 Å². The van der Waals surface area contributed by atoms with Crippen LogP contribution in [0.4, 0.5) is 5.13 Å². The third kappa shape index (κ3) is 3.80. The summed E-state index contributed by atoms with van der Waals surface area (Å²) in [5.74, 6) is -0.223. The number of benzene rings is 1. The van der Waals surface area contributed by atoms with E-state index in [1.165, 1.54) is 11.3 Å². The zero-order chi connectivity index (χ0) is 17.1. The Morgan fingerprint density at radius 3 is 2.92 bits per heavy atom. The number of para-hydroxylation sites is 2. The number of amides is 1. The van der Waals surface area contributed by atoms with Crippen molar-refractivity contribution in [3.63, 3.8) is 0 Å². The molecule has 124 valence electrons. The summed E-state index contributed by atoms with van der Waals surface area (Å²) in [4.78, 5) is 32.1. The van der Waals surface area contributed by atoms with Gasteiger partial charge in [-0.25, -0.2) is 9.97 Å². The molecule has 0 aliphatic carbocycles. The number of imidazole rings is 1. The summed E-state index contributed by atoms with van der Waals surface area (Å²) in [6.45, 7) is 1.46. The molecule has 3 aromatic rings. The summed E-state index contributed by atoms with van der Waals surface area (Å²) in [6.07, 6.45) is 1.58. The number of nitrogens with zero attached hydrogens (tertiary/aromatic N) is 3. The van der Waals surface area contributed by atoms with Gasteiger partial charge in [-0.3, -0.25) is 14.9 Å². The molecule has 0 saturated carbocycles. The molecule has 1 amide bonds. The second kappa shape index (κ2) is 7.10. The lowest BCUT2D eigenvalue weighted by molar-refractivity contribution is -0.147. The van der Waals surface area contributed by atoms with E-state index in [1.807, 2.05) is 31.2 Å². The molecule has 2 aromatic heterocycles. The highest BCUT2D eigenvalue weighted by atomic mass is 79.9. The minimum Gasteiger partial charge on any atom is -0.454 e. The van der Waals surface area contributed by atoms with Gasteiger partial charge < -0.3 is 9.30 Å². The predicted octanol–water partition coefficient (Wildman–Crippen LogP) is 2.75. The van der Waals surface area contributed by atoms with E-state index in [2.05, 4.69) is 31.2 Å². The molecule has 1 aromatic carbocycles. The maximum Gasteiger partial charge on any atom is 0.326 e. The lowest BCUT2D eigenvalue weighted by Crippen LogP contribution is -2.23. The number of ether oxygens (including phenoxy) is 1. The van der Waals surface area contributed by atoms with E-state index in [4.69, 9.17) is 4.74 Å². The van der Waals surface area contributed by atoms with Crippen LogP contribution in [0, 0.1) is 6.92 Å². The average molecular weight is 409 g/mol. The Bertz CT molecular complexity index is 905. The first kappa shape index (κ1) is 16.6. The van der Waals surface area contributed by atoms with Gasteiger partial charge in [-0.05, 0) is 35.0 Å². The lowest BCUT2D eigenvalue weighted by Gasteiger charge is -2.07. The topological polar surface area (TPSA) is 86.1 Å². The summed E-state index contributed by atoms with van der Waals surface area (Å²) in [6, 6.07) is 7.53. The third-order valence-corrected chi connectivity index (χ3v) is 4.61. The Balaban J connectivity index is 1.57. The molecule has 9 heteroatoms. The van der Waals surface area contributed by atoms with Gasteiger partial charge in [0.25, 0.3) is 5.91 Å². The number of esters is 1. The number of nitrogens with one attached hydrogen (secondary N) is 1. The van der Waals surface area contributed by atoms with Gasteiger partial charge in [0.15, 0.2) is 11.7 Å². The number of aromatic nitrogens is 3.